The normalized spacial score (nSPS) is 11.8. The second kappa shape index (κ2) is 13.2. The zero-order valence-electron chi connectivity index (χ0n) is 16.1. The van der Waals surface area contributed by atoms with Gasteiger partial charge in [0.25, 0.3) is 5.91 Å². The van der Waals surface area contributed by atoms with Crippen LogP contribution in [0.1, 0.15) is 82.0 Å². The number of hydrogen-bond donors (Lipinski definition) is 2. The largest absolute Gasteiger partial charge is 0.494 e. The maximum Gasteiger partial charge on any atom is 0.305 e. The van der Waals surface area contributed by atoms with Crippen molar-refractivity contribution in [3.63, 3.8) is 0 Å². The number of benzene rings is 1. The molecule has 0 aliphatic carbocycles. The molecule has 0 fully saturated rings. The Balaban J connectivity index is 2.20. The summed E-state index contributed by atoms with van der Waals surface area (Å²) in [6.45, 7) is 4.60. The van der Waals surface area contributed by atoms with Gasteiger partial charge >= 0.3 is 5.97 Å². The average Bonchev–Trinajstić information content (AvgIpc) is 2.60. The fraction of sp³-hybridized carbons (Fsp3) is 0.619. The van der Waals surface area contributed by atoms with Crippen LogP contribution in [0.15, 0.2) is 24.3 Å². The Morgan fingerprint density at radius 3 is 2.15 bits per heavy atom. The number of unbranched alkanes of at least 4 members (excludes halogenated alkanes) is 7. The van der Waals surface area contributed by atoms with Crippen LogP contribution in [0.25, 0.3) is 0 Å². The lowest BCUT2D eigenvalue weighted by molar-refractivity contribution is -0.137. The molecule has 0 radical (unpaired) electrons. The summed E-state index contributed by atoms with van der Waals surface area (Å²) in [5.41, 5.74) is 0.502. The maximum atomic E-state index is 12.0. The minimum absolute atomic E-state index is 0.0917. The lowest BCUT2D eigenvalue weighted by Crippen LogP contribution is -2.34. The number of rotatable bonds is 14. The van der Waals surface area contributed by atoms with Crippen LogP contribution in [-0.4, -0.2) is 29.6 Å². The summed E-state index contributed by atoms with van der Waals surface area (Å²) >= 11 is 0. The Kier molecular flexibility index (Phi) is 11.2. The predicted molar refractivity (Wildman–Crippen MR) is 104 cm³/mol. The van der Waals surface area contributed by atoms with Gasteiger partial charge in [-0.2, -0.15) is 0 Å². The molecule has 0 saturated heterocycles. The Morgan fingerprint density at radius 2 is 1.58 bits per heavy atom. The molecule has 0 aromatic heterocycles. The lowest BCUT2D eigenvalue weighted by Gasteiger charge is -2.12. The molecule has 1 aromatic carbocycles. The van der Waals surface area contributed by atoms with Crippen LogP contribution < -0.4 is 10.1 Å². The summed E-state index contributed by atoms with van der Waals surface area (Å²) in [7, 11) is 0. The van der Waals surface area contributed by atoms with Gasteiger partial charge in [-0.15, -0.1) is 0 Å². The van der Waals surface area contributed by atoms with Gasteiger partial charge in [0, 0.05) is 11.6 Å². The van der Waals surface area contributed by atoms with Crippen LogP contribution in [0.3, 0.4) is 0 Å². The highest BCUT2D eigenvalue weighted by molar-refractivity contribution is 5.94. The quantitative estimate of drug-likeness (QED) is 0.466. The van der Waals surface area contributed by atoms with E-state index in [0.717, 1.165) is 12.2 Å². The van der Waals surface area contributed by atoms with Gasteiger partial charge in [-0.3, -0.25) is 9.59 Å². The highest BCUT2D eigenvalue weighted by Gasteiger charge is 2.12. The molecule has 5 heteroatoms. The second-order valence-corrected chi connectivity index (χ2v) is 6.82. The van der Waals surface area contributed by atoms with Crippen molar-refractivity contribution in [2.24, 2.45) is 0 Å². The van der Waals surface area contributed by atoms with Crippen LogP contribution in [-0.2, 0) is 4.79 Å². The van der Waals surface area contributed by atoms with Crippen LogP contribution >= 0.6 is 0 Å². The summed E-state index contributed by atoms with van der Waals surface area (Å²) in [5, 5.41) is 11.4. The first-order chi connectivity index (χ1) is 12.5. The number of carbonyl (C=O) groups excluding carboxylic acids is 1. The molecule has 0 saturated carbocycles. The van der Waals surface area contributed by atoms with E-state index in [1.807, 2.05) is 0 Å². The zero-order valence-corrected chi connectivity index (χ0v) is 16.1. The van der Waals surface area contributed by atoms with Crippen LogP contribution in [0, 0.1) is 0 Å². The van der Waals surface area contributed by atoms with Gasteiger partial charge in [-0.05, 0) is 37.6 Å². The van der Waals surface area contributed by atoms with E-state index in [2.05, 4.69) is 12.2 Å². The monoisotopic (exact) mass is 363 g/mol. The van der Waals surface area contributed by atoms with Gasteiger partial charge in [0.1, 0.15) is 5.75 Å². The van der Waals surface area contributed by atoms with E-state index < -0.39 is 12.0 Å². The molecule has 1 amide bonds. The maximum absolute atomic E-state index is 12.0. The van der Waals surface area contributed by atoms with Crippen LogP contribution in [0.5, 0.6) is 5.75 Å². The number of carboxylic acid groups (broad SMARTS) is 1. The van der Waals surface area contributed by atoms with E-state index in [1.54, 1.807) is 31.2 Å². The van der Waals surface area contributed by atoms with E-state index in [1.165, 1.54) is 44.9 Å². The molecule has 0 bridgehead atoms. The van der Waals surface area contributed by atoms with E-state index in [-0.39, 0.29) is 12.3 Å². The molecule has 0 spiro atoms. The first kappa shape index (κ1) is 22.0. The van der Waals surface area contributed by atoms with Crippen molar-refractivity contribution in [2.75, 3.05) is 6.61 Å². The van der Waals surface area contributed by atoms with Crippen molar-refractivity contribution in [1.29, 1.82) is 0 Å². The highest BCUT2D eigenvalue weighted by Crippen LogP contribution is 2.14. The molecule has 146 valence electrons. The molecule has 2 N–H and O–H groups in total. The number of amides is 1. The fourth-order valence-electron chi connectivity index (χ4n) is 2.75. The minimum Gasteiger partial charge on any atom is -0.494 e. The number of carboxylic acids is 1. The first-order valence-corrected chi connectivity index (χ1v) is 9.78. The van der Waals surface area contributed by atoms with Gasteiger partial charge in [0.15, 0.2) is 0 Å². The molecule has 1 aromatic rings. The Labute approximate surface area is 157 Å². The molecule has 0 aliphatic rings. The van der Waals surface area contributed by atoms with Gasteiger partial charge in [-0.1, -0.05) is 51.9 Å². The van der Waals surface area contributed by atoms with E-state index in [4.69, 9.17) is 9.84 Å². The van der Waals surface area contributed by atoms with Gasteiger partial charge in [0.05, 0.1) is 13.0 Å². The number of aliphatic carboxylic acids is 1. The minimum atomic E-state index is -0.928. The summed E-state index contributed by atoms with van der Waals surface area (Å²) in [6.07, 6.45) is 10.0. The molecule has 1 unspecified atom stereocenters. The third-order valence-corrected chi connectivity index (χ3v) is 4.24. The van der Waals surface area contributed by atoms with Crippen molar-refractivity contribution < 1.29 is 19.4 Å². The fourth-order valence-corrected chi connectivity index (χ4v) is 2.75. The molecule has 1 atom stereocenters. The third kappa shape index (κ3) is 10.1. The van der Waals surface area contributed by atoms with Crippen molar-refractivity contribution in [1.82, 2.24) is 5.32 Å². The standard InChI is InChI=1S/C21H33NO4/c1-3-4-5-6-7-8-9-10-15-26-19-13-11-18(12-14-19)21(25)22-17(2)16-20(23)24/h11-14,17H,3-10,15-16H2,1-2H3,(H,22,25)(H,23,24). The van der Waals surface area contributed by atoms with Gasteiger partial charge < -0.3 is 15.2 Å². The molecule has 0 aliphatic heterocycles. The van der Waals surface area contributed by atoms with Crippen molar-refractivity contribution in [2.45, 2.75) is 77.7 Å². The predicted octanol–water partition coefficient (Wildman–Crippen LogP) is 4.80. The lowest BCUT2D eigenvalue weighted by atomic mass is 10.1. The zero-order chi connectivity index (χ0) is 19.2. The molecule has 0 heterocycles. The molecule has 5 nitrogen and oxygen atoms in total. The summed E-state index contributed by atoms with van der Waals surface area (Å²) in [5.74, 6) is -0.445. The van der Waals surface area contributed by atoms with Gasteiger partial charge in [0.2, 0.25) is 0 Å². The topological polar surface area (TPSA) is 75.6 Å². The van der Waals surface area contributed by atoms with E-state index in [9.17, 15) is 9.59 Å². The Morgan fingerprint density at radius 1 is 1.00 bits per heavy atom. The highest BCUT2D eigenvalue weighted by atomic mass is 16.5. The second-order valence-electron chi connectivity index (χ2n) is 6.82. The van der Waals surface area contributed by atoms with Crippen molar-refractivity contribution >= 4 is 11.9 Å². The average molecular weight is 363 g/mol. The molecular weight excluding hydrogens is 330 g/mol. The van der Waals surface area contributed by atoms with E-state index >= 15 is 0 Å². The number of hydrogen-bond acceptors (Lipinski definition) is 3. The van der Waals surface area contributed by atoms with Crippen molar-refractivity contribution in [3.8, 4) is 5.75 Å². The van der Waals surface area contributed by atoms with E-state index in [0.29, 0.717) is 12.2 Å². The number of carbonyl (C=O) groups is 2. The first-order valence-electron chi connectivity index (χ1n) is 9.78. The summed E-state index contributed by atoms with van der Waals surface area (Å²) in [6, 6.07) is 6.55. The van der Waals surface area contributed by atoms with Crippen LogP contribution in [0.2, 0.25) is 0 Å². The van der Waals surface area contributed by atoms with Gasteiger partial charge in [-0.25, -0.2) is 0 Å². The SMILES string of the molecule is CCCCCCCCCCOc1ccc(C(=O)NC(C)CC(=O)O)cc1. The molecular formula is C21H33NO4. The number of nitrogens with one attached hydrogen (secondary N) is 1. The Bertz CT molecular complexity index is 527. The number of ether oxygens (including phenoxy) is 1. The smallest absolute Gasteiger partial charge is 0.305 e. The Hall–Kier alpha value is -2.04. The van der Waals surface area contributed by atoms with Crippen molar-refractivity contribution in [3.05, 3.63) is 29.8 Å². The summed E-state index contributed by atoms with van der Waals surface area (Å²) in [4.78, 5) is 22.7. The van der Waals surface area contributed by atoms with Crippen LogP contribution in [0.4, 0.5) is 0 Å². The third-order valence-electron chi connectivity index (χ3n) is 4.24. The molecule has 26 heavy (non-hydrogen) atoms. The summed E-state index contributed by atoms with van der Waals surface area (Å²) < 4.78 is 5.71. The molecule has 1 rings (SSSR count).